The maximum atomic E-state index is 4.64. The summed E-state index contributed by atoms with van der Waals surface area (Å²) in [4.78, 5) is 4.64. The van der Waals surface area contributed by atoms with Crippen LogP contribution < -0.4 is 0 Å². The largest absolute Gasteiger partial charge is 0.230 e. The van der Waals surface area contributed by atoms with Crippen LogP contribution in [0, 0.1) is 11.8 Å². The minimum atomic E-state index is 0.321. The van der Waals surface area contributed by atoms with Gasteiger partial charge in [-0.15, -0.1) is 17.3 Å². The number of thiazole rings is 1. The predicted octanol–water partition coefficient (Wildman–Crippen LogP) is 5.75. The van der Waals surface area contributed by atoms with E-state index in [0.717, 1.165) is 16.3 Å². The molecule has 0 bridgehead atoms. The second kappa shape index (κ2) is 8.34. The van der Waals surface area contributed by atoms with E-state index in [2.05, 4.69) is 48.9 Å². The summed E-state index contributed by atoms with van der Waals surface area (Å²) in [6.45, 7) is 4.40. The summed E-state index contributed by atoms with van der Waals surface area (Å²) in [5.41, 5.74) is 1.10. The highest BCUT2D eigenvalue weighted by Crippen LogP contribution is 2.31. The summed E-state index contributed by atoms with van der Waals surface area (Å²) in [5.74, 6) is 6.64. The molecule has 0 saturated heterocycles. The fourth-order valence-electron chi connectivity index (χ4n) is 1.94. The number of thioether (sulfide) groups is 1. The third kappa shape index (κ3) is 4.85. The van der Waals surface area contributed by atoms with E-state index in [1.54, 1.807) is 23.1 Å². The van der Waals surface area contributed by atoms with E-state index >= 15 is 0 Å². The number of rotatable bonds is 6. The maximum absolute atomic E-state index is 4.64. The molecule has 0 spiro atoms. The van der Waals surface area contributed by atoms with Crippen molar-refractivity contribution in [1.29, 1.82) is 0 Å². The zero-order valence-electron chi connectivity index (χ0n) is 12.2. The highest BCUT2D eigenvalue weighted by Gasteiger charge is 2.06. The van der Waals surface area contributed by atoms with Crippen molar-refractivity contribution >= 4 is 33.3 Å². The number of nitrogens with zero attached hydrogens (tertiary/aromatic N) is 1. The van der Waals surface area contributed by atoms with E-state index in [4.69, 9.17) is 0 Å². The molecule has 0 fully saturated rings. The molecule has 20 heavy (non-hydrogen) atoms. The number of para-hydroxylation sites is 1. The van der Waals surface area contributed by atoms with Crippen molar-refractivity contribution < 1.29 is 0 Å². The Labute approximate surface area is 130 Å². The zero-order valence-corrected chi connectivity index (χ0v) is 13.8. The Hall–Kier alpha value is -0.980. The van der Waals surface area contributed by atoms with Gasteiger partial charge in [0.05, 0.1) is 15.5 Å². The minimum Gasteiger partial charge on any atom is -0.230 e. The summed E-state index contributed by atoms with van der Waals surface area (Å²) in [6.07, 6.45) is 6.20. The van der Waals surface area contributed by atoms with Crippen molar-refractivity contribution in [2.24, 2.45) is 0 Å². The maximum Gasteiger partial charge on any atom is 0.152 e. The Kier molecular flexibility index (Phi) is 6.42. The molecule has 0 N–H and O–H groups in total. The van der Waals surface area contributed by atoms with Crippen molar-refractivity contribution in [1.82, 2.24) is 4.98 Å². The fourth-order valence-corrected chi connectivity index (χ4v) is 4.13. The Morgan fingerprint density at radius 2 is 2.10 bits per heavy atom. The van der Waals surface area contributed by atoms with E-state index in [9.17, 15) is 0 Å². The zero-order chi connectivity index (χ0) is 14.2. The molecule has 0 saturated carbocycles. The van der Waals surface area contributed by atoms with Gasteiger partial charge in [-0.2, -0.15) is 0 Å². The van der Waals surface area contributed by atoms with Crippen LogP contribution in [0.4, 0.5) is 0 Å². The van der Waals surface area contributed by atoms with Crippen LogP contribution in [0.5, 0.6) is 0 Å². The average molecular weight is 303 g/mol. The SMILES string of the molecule is CCCCCCC#CC(C)Sc1nc2ccccc2s1. The van der Waals surface area contributed by atoms with Crippen LogP contribution in [0.15, 0.2) is 28.6 Å². The Morgan fingerprint density at radius 1 is 1.25 bits per heavy atom. The van der Waals surface area contributed by atoms with Crippen LogP contribution in [0.3, 0.4) is 0 Å². The first kappa shape index (κ1) is 15.4. The lowest BCUT2D eigenvalue weighted by atomic mass is 10.1. The van der Waals surface area contributed by atoms with Gasteiger partial charge >= 0.3 is 0 Å². The van der Waals surface area contributed by atoms with Gasteiger partial charge in [0.25, 0.3) is 0 Å². The average Bonchev–Trinajstić information content (AvgIpc) is 2.84. The topological polar surface area (TPSA) is 12.9 Å². The molecule has 0 aliphatic rings. The summed E-state index contributed by atoms with van der Waals surface area (Å²) < 4.78 is 2.38. The molecule has 3 heteroatoms. The van der Waals surface area contributed by atoms with Gasteiger partial charge < -0.3 is 0 Å². The predicted molar refractivity (Wildman–Crippen MR) is 91.5 cm³/mol. The van der Waals surface area contributed by atoms with Crippen molar-refractivity contribution in [2.45, 2.75) is 55.5 Å². The minimum absolute atomic E-state index is 0.321. The molecular weight excluding hydrogens is 282 g/mol. The van der Waals surface area contributed by atoms with Crippen molar-refractivity contribution in [3.05, 3.63) is 24.3 Å². The second-order valence-corrected chi connectivity index (χ2v) is 7.46. The van der Waals surface area contributed by atoms with Crippen LogP contribution in [0.25, 0.3) is 10.2 Å². The first-order chi connectivity index (χ1) is 9.79. The van der Waals surface area contributed by atoms with Crippen molar-refractivity contribution in [3.8, 4) is 11.8 Å². The molecule has 0 aliphatic carbocycles. The summed E-state index contributed by atoms with van der Waals surface area (Å²) in [5, 5.41) is 0.321. The molecule has 1 aromatic heterocycles. The van der Waals surface area contributed by atoms with Crippen molar-refractivity contribution in [2.75, 3.05) is 0 Å². The molecule has 1 aromatic carbocycles. The standard InChI is InChI=1S/C17H21NS2/c1-3-4-5-6-7-8-11-14(2)19-17-18-15-12-9-10-13-16(15)20-17/h9-10,12-14H,3-7H2,1-2H3. The smallest absolute Gasteiger partial charge is 0.152 e. The van der Waals surface area contributed by atoms with E-state index in [-0.39, 0.29) is 0 Å². The van der Waals surface area contributed by atoms with Gasteiger partial charge in [0, 0.05) is 6.42 Å². The lowest BCUT2D eigenvalue weighted by molar-refractivity contribution is 0.679. The molecule has 1 nitrogen and oxygen atoms in total. The lowest BCUT2D eigenvalue weighted by Gasteiger charge is -1.98. The highest BCUT2D eigenvalue weighted by atomic mass is 32.2. The third-order valence-corrected chi connectivity index (χ3v) is 5.15. The van der Waals surface area contributed by atoms with E-state index in [1.165, 1.54) is 30.4 Å². The molecule has 1 heterocycles. The molecule has 1 atom stereocenters. The number of benzene rings is 1. The third-order valence-electron chi connectivity index (χ3n) is 3.01. The first-order valence-corrected chi connectivity index (χ1v) is 9.00. The second-order valence-electron chi connectivity index (χ2n) is 4.84. The molecule has 2 aromatic rings. The van der Waals surface area contributed by atoms with Gasteiger partial charge in [0.15, 0.2) is 4.34 Å². The monoisotopic (exact) mass is 303 g/mol. The molecule has 1 unspecified atom stereocenters. The molecule has 2 rings (SSSR count). The highest BCUT2D eigenvalue weighted by molar-refractivity contribution is 8.01. The molecule has 106 valence electrons. The number of hydrogen-bond acceptors (Lipinski definition) is 3. The number of fused-ring (bicyclic) bond motifs is 1. The van der Waals surface area contributed by atoms with E-state index < -0.39 is 0 Å². The molecular formula is C17H21NS2. The summed E-state index contributed by atoms with van der Waals surface area (Å²) in [6, 6.07) is 8.30. The normalized spacial score (nSPS) is 12.1. The summed E-state index contributed by atoms with van der Waals surface area (Å²) in [7, 11) is 0. The van der Waals surface area contributed by atoms with E-state index in [1.807, 2.05) is 6.07 Å². The lowest BCUT2D eigenvalue weighted by Crippen LogP contribution is -1.89. The van der Waals surface area contributed by atoms with Gasteiger partial charge in [-0.3, -0.25) is 0 Å². The van der Waals surface area contributed by atoms with Gasteiger partial charge in [0.2, 0.25) is 0 Å². The van der Waals surface area contributed by atoms with Gasteiger partial charge in [0.1, 0.15) is 0 Å². The molecule has 0 amide bonds. The van der Waals surface area contributed by atoms with Crippen LogP contribution in [0.2, 0.25) is 0 Å². The van der Waals surface area contributed by atoms with Gasteiger partial charge in [-0.25, -0.2) is 4.98 Å². The quantitative estimate of drug-likeness (QED) is 0.383. The fraction of sp³-hybridized carbons (Fsp3) is 0.471. The summed E-state index contributed by atoms with van der Waals surface area (Å²) >= 11 is 3.53. The Balaban J connectivity index is 1.82. The van der Waals surface area contributed by atoms with Crippen LogP contribution in [-0.4, -0.2) is 10.2 Å². The molecule has 0 radical (unpaired) electrons. The van der Waals surface area contributed by atoms with Crippen LogP contribution in [0.1, 0.15) is 46.0 Å². The Morgan fingerprint density at radius 3 is 2.90 bits per heavy atom. The van der Waals surface area contributed by atoms with Gasteiger partial charge in [-0.1, -0.05) is 56.0 Å². The van der Waals surface area contributed by atoms with Crippen LogP contribution >= 0.6 is 23.1 Å². The first-order valence-electron chi connectivity index (χ1n) is 7.30. The van der Waals surface area contributed by atoms with Crippen molar-refractivity contribution in [3.63, 3.8) is 0 Å². The van der Waals surface area contributed by atoms with Crippen LogP contribution in [-0.2, 0) is 0 Å². The van der Waals surface area contributed by atoms with E-state index in [0.29, 0.717) is 5.25 Å². The van der Waals surface area contributed by atoms with Gasteiger partial charge in [-0.05, 0) is 25.5 Å². The Bertz CT molecular complexity index is 559. The number of unbranched alkanes of at least 4 members (excludes halogenated alkanes) is 4. The number of aromatic nitrogens is 1. The number of hydrogen-bond donors (Lipinski definition) is 0. The molecule has 0 aliphatic heterocycles.